The van der Waals surface area contributed by atoms with E-state index in [0.717, 1.165) is 73.9 Å². The number of carbonyl (C=O) groups is 1. The molecule has 0 unspecified atom stereocenters. The van der Waals surface area contributed by atoms with Gasteiger partial charge in [-0.1, -0.05) is 69.4 Å². The van der Waals surface area contributed by atoms with Crippen LogP contribution in [0, 0.1) is 34.1 Å². The van der Waals surface area contributed by atoms with Crippen molar-refractivity contribution in [3.05, 3.63) is 74.1 Å². The van der Waals surface area contributed by atoms with Crippen molar-refractivity contribution in [2.24, 2.45) is 0 Å². The SMILES string of the molecule is C#CCN(CCCCCCCCCCCCNC(=O)c1cc2cc(F)c(O)c(F)c2oc1=O)S(=O)(=O)c1ccccc1[N+](=O)[O-]. The van der Waals surface area contributed by atoms with Crippen LogP contribution >= 0.6 is 0 Å². The smallest absolute Gasteiger partial charge is 0.349 e. The fourth-order valence-corrected chi connectivity index (χ4v) is 6.37. The number of fused-ring (bicyclic) bond motifs is 1. The summed E-state index contributed by atoms with van der Waals surface area (Å²) in [6.07, 6.45) is 14.1. The number of hydrogen-bond donors (Lipinski definition) is 2. The molecule has 0 saturated carbocycles. The molecular formula is C31H35F2N3O8S. The molecule has 1 aromatic heterocycles. The number of nitrogens with one attached hydrogen (secondary N) is 1. The maximum absolute atomic E-state index is 13.9. The zero-order valence-electron chi connectivity index (χ0n) is 24.6. The first-order valence-corrected chi connectivity index (χ1v) is 16.0. The largest absolute Gasteiger partial charge is 0.503 e. The summed E-state index contributed by atoms with van der Waals surface area (Å²) in [7, 11) is -4.11. The molecule has 0 atom stereocenters. The Kier molecular flexibility index (Phi) is 13.0. The van der Waals surface area contributed by atoms with Gasteiger partial charge in [0.15, 0.2) is 22.0 Å². The van der Waals surface area contributed by atoms with Gasteiger partial charge in [0.1, 0.15) is 5.56 Å². The molecule has 14 heteroatoms. The molecule has 1 heterocycles. The predicted octanol–water partition coefficient (Wildman–Crippen LogP) is 5.64. The van der Waals surface area contributed by atoms with Crippen molar-refractivity contribution in [2.45, 2.75) is 69.1 Å². The van der Waals surface area contributed by atoms with Crippen LogP contribution in [0.4, 0.5) is 14.5 Å². The molecule has 0 aliphatic rings. The van der Waals surface area contributed by atoms with Gasteiger partial charge in [-0.2, -0.15) is 8.70 Å². The minimum absolute atomic E-state index is 0.164. The Balaban J connectivity index is 1.29. The lowest BCUT2D eigenvalue weighted by atomic mass is 10.1. The molecule has 242 valence electrons. The molecule has 0 radical (unpaired) electrons. The van der Waals surface area contributed by atoms with Gasteiger partial charge in [-0.05, 0) is 31.0 Å². The second-order valence-electron chi connectivity index (χ2n) is 10.4. The molecule has 0 saturated heterocycles. The van der Waals surface area contributed by atoms with E-state index in [2.05, 4.69) is 11.2 Å². The number of sulfonamides is 1. The number of terminal acetylenes is 1. The third-order valence-electron chi connectivity index (χ3n) is 7.20. The summed E-state index contributed by atoms with van der Waals surface area (Å²) in [5, 5.41) is 23.1. The van der Waals surface area contributed by atoms with E-state index in [9.17, 15) is 42.0 Å². The average Bonchev–Trinajstić information content (AvgIpc) is 3.01. The van der Waals surface area contributed by atoms with E-state index in [-0.39, 0.29) is 23.4 Å². The lowest BCUT2D eigenvalue weighted by Crippen LogP contribution is -2.33. The number of nitro benzene ring substituents is 1. The van der Waals surface area contributed by atoms with Crippen LogP contribution in [-0.4, -0.2) is 48.3 Å². The van der Waals surface area contributed by atoms with Gasteiger partial charge in [0, 0.05) is 24.5 Å². The second kappa shape index (κ2) is 16.6. The standard InChI is InChI=1S/C31H35F2N3O8S/c1-2-18-35(45(42,43)26-16-12-11-15-25(26)36(40)41)19-14-10-8-6-4-3-5-7-9-13-17-34-30(38)23-20-22-21-24(32)28(37)27(33)29(22)44-31(23)39/h1,11-12,15-16,20-21,37H,3-10,13-14,17-19H2,(H,34,38). The maximum atomic E-state index is 13.9. The van der Waals surface area contributed by atoms with Gasteiger partial charge >= 0.3 is 5.63 Å². The topological polar surface area (TPSA) is 160 Å². The van der Waals surface area contributed by atoms with Crippen molar-refractivity contribution in [3.63, 3.8) is 0 Å². The van der Waals surface area contributed by atoms with Crippen molar-refractivity contribution in [2.75, 3.05) is 19.6 Å². The van der Waals surface area contributed by atoms with Crippen molar-refractivity contribution >= 4 is 32.6 Å². The van der Waals surface area contributed by atoms with Gasteiger partial charge in [-0.3, -0.25) is 14.9 Å². The Hall–Kier alpha value is -4.35. The summed E-state index contributed by atoms with van der Waals surface area (Å²) in [6, 6.07) is 7.00. The number of carbonyl (C=O) groups excluding carboxylic acids is 1. The molecule has 2 aromatic carbocycles. The first-order chi connectivity index (χ1) is 21.5. The third-order valence-corrected chi connectivity index (χ3v) is 9.10. The van der Waals surface area contributed by atoms with Gasteiger partial charge in [0.2, 0.25) is 5.82 Å². The first-order valence-electron chi connectivity index (χ1n) is 14.6. The van der Waals surface area contributed by atoms with Gasteiger partial charge in [0.25, 0.3) is 21.6 Å². The molecule has 0 aliphatic carbocycles. The monoisotopic (exact) mass is 647 g/mol. The second-order valence-corrected chi connectivity index (χ2v) is 12.4. The van der Waals surface area contributed by atoms with Crippen LogP contribution in [-0.2, 0) is 10.0 Å². The van der Waals surface area contributed by atoms with E-state index in [1.54, 1.807) is 0 Å². The van der Waals surface area contributed by atoms with Crippen LogP contribution < -0.4 is 10.9 Å². The summed E-state index contributed by atoms with van der Waals surface area (Å²) >= 11 is 0. The van der Waals surface area contributed by atoms with Crippen molar-refractivity contribution in [1.29, 1.82) is 0 Å². The zero-order chi connectivity index (χ0) is 33.0. The minimum atomic E-state index is -4.11. The number of nitro groups is 1. The van der Waals surface area contributed by atoms with Crippen LogP contribution in [0.3, 0.4) is 0 Å². The van der Waals surface area contributed by atoms with Crippen LogP contribution in [0.1, 0.15) is 74.6 Å². The highest BCUT2D eigenvalue weighted by Crippen LogP contribution is 2.29. The normalized spacial score (nSPS) is 11.5. The van der Waals surface area contributed by atoms with Gasteiger partial charge < -0.3 is 14.8 Å². The Morgan fingerprint density at radius 1 is 1.02 bits per heavy atom. The number of amides is 1. The molecule has 0 bridgehead atoms. The Labute approximate surface area is 259 Å². The molecule has 0 spiro atoms. The summed E-state index contributed by atoms with van der Waals surface area (Å²) < 4.78 is 59.5. The van der Waals surface area contributed by atoms with Crippen molar-refractivity contribution in [1.82, 2.24) is 9.62 Å². The molecule has 2 N–H and O–H groups in total. The summed E-state index contributed by atoms with van der Waals surface area (Å²) in [6.45, 7) is 0.298. The third kappa shape index (κ3) is 9.32. The highest BCUT2D eigenvalue weighted by Gasteiger charge is 2.30. The average molecular weight is 648 g/mol. The number of nitrogens with zero attached hydrogens (tertiary/aromatic N) is 2. The number of benzene rings is 2. The van der Waals surface area contributed by atoms with Crippen LogP contribution in [0.15, 0.2) is 50.5 Å². The number of aromatic hydroxyl groups is 1. The van der Waals surface area contributed by atoms with Crippen LogP contribution in [0.25, 0.3) is 11.0 Å². The number of unbranched alkanes of at least 4 members (excludes halogenated alkanes) is 9. The number of para-hydroxylation sites is 1. The highest BCUT2D eigenvalue weighted by atomic mass is 32.2. The quantitative estimate of drug-likeness (QED) is 0.0590. The van der Waals surface area contributed by atoms with Crippen LogP contribution in [0.5, 0.6) is 5.75 Å². The molecule has 3 rings (SSSR count). The molecule has 0 fully saturated rings. The van der Waals surface area contributed by atoms with Crippen LogP contribution in [0.2, 0.25) is 0 Å². The first kappa shape index (κ1) is 35.1. The predicted molar refractivity (Wildman–Crippen MR) is 163 cm³/mol. The van der Waals surface area contributed by atoms with Crippen molar-refractivity contribution in [3.8, 4) is 18.1 Å². The maximum Gasteiger partial charge on any atom is 0.349 e. The Morgan fingerprint density at radius 2 is 1.62 bits per heavy atom. The highest BCUT2D eigenvalue weighted by molar-refractivity contribution is 7.89. The molecule has 0 aliphatic heterocycles. The van der Waals surface area contributed by atoms with E-state index < -0.39 is 60.7 Å². The number of hydrogen-bond acceptors (Lipinski definition) is 8. The number of phenolic OH excluding ortho intramolecular Hbond substituents is 1. The van der Waals surface area contributed by atoms with E-state index in [1.165, 1.54) is 18.2 Å². The van der Waals surface area contributed by atoms with Gasteiger partial charge in [-0.25, -0.2) is 17.6 Å². The lowest BCUT2D eigenvalue weighted by molar-refractivity contribution is -0.387. The Bertz CT molecular complexity index is 1720. The molecule has 3 aromatic rings. The summed E-state index contributed by atoms with van der Waals surface area (Å²) in [4.78, 5) is 34.7. The van der Waals surface area contributed by atoms with Crippen molar-refractivity contribution < 1.29 is 36.4 Å². The van der Waals surface area contributed by atoms with E-state index >= 15 is 0 Å². The molecule has 45 heavy (non-hydrogen) atoms. The fourth-order valence-electron chi connectivity index (χ4n) is 4.82. The van der Waals surface area contributed by atoms with Gasteiger partial charge in [0.05, 0.1) is 11.5 Å². The van der Waals surface area contributed by atoms with E-state index in [0.29, 0.717) is 19.4 Å². The summed E-state index contributed by atoms with van der Waals surface area (Å²) in [5.74, 6) is -2.32. The zero-order valence-corrected chi connectivity index (χ0v) is 25.4. The number of rotatable bonds is 18. The Morgan fingerprint density at radius 3 is 2.24 bits per heavy atom. The molecular weight excluding hydrogens is 612 g/mol. The van der Waals surface area contributed by atoms with E-state index in [4.69, 9.17) is 10.8 Å². The van der Waals surface area contributed by atoms with E-state index in [1.807, 2.05) is 0 Å². The minimum Gasteiger partial charge on any atom is -0.503 e. The fraction of sp³-hybridized carbons (Fsp3) is 0.419. The molecule has 11 nitrogen and oxygen atoms in total. The number of halogens is 2. The number of phenols is 1. The van der Waals surface area contributed by atoms with Gasteiger partial charge in [-0.15, -0.1) is 6.42 Å². The summed E-state index contributed by atoms with van der Waals surface area (Å²) in [5.41, 5.74) is -2.61. The lowest BCUT2D eigenvalue weighted by Gasteiger charge is -2.19. The molecule has 1 amide bonds.